The number of carbonyl (C=O) groups excluding carboxylic acids is 1. The maximum atomic E-state index is 11.8. The molecule has 8 heteroatoms. The molecule has 2 N–H and O–H groups in total. The molecule has 1 aromatic carbocycles. The molecule has 1 atom stereocenters. The largest absolute Gasteiger partial charge is 0.480 e. The minimum atomic E-state index is -3.48. The van der Waals surface area contributed by atoms with Crippen molar-refractivity contribution in [3.63, 3.8) is 0 Å². The zero-order chi connectivity index (χ0) is 16.8. The van der Waals surface area contributed by atoms with Crippen LogP contribution < -0.4 is 5.32 Å². The minimum absolute atomic E-state index is 0.141. The highest BCUT2D eigenvalue weighted by molar-refractivity contribution is 7.89. The Labute approximate surface area is 130 Å². The lowest BCUT2D eigenvalue weighted by Crippen LogP contribution is -2.43. The second-order valence-electron chi connectivity index (χ2n) is 5.00. The van der Waals surface area contributed by atoms with E-state index in [1.165, 1.54) is 14.1 Å². The Hall–Kier alpha value is -1.93. The van der Waals surface area contributed by atoms with Crippen LogP contribution in [0.2, 0.25) is 0 Å². The molecule has 0 unspecified atom stereocenters. The number of benzene rings is 1. The van der Waals surface area contributed by atoms with E-state index in [1.54, 1.807) is 24.3 Å². The van der Waals surface area contributed by atoms with Gasteiger partial charge in [-0.15, -0.1) is 0 Å². The third kappa shape index (κ3) is 5.82. The van der Waals surface area contributed by atoms with E-state index in [0.29, 0.717) is 0 Å². The van der Waals surface area contributed by atoms with E-state index >= 15 is 0 Å². The molecular formula is C14H20N2O5S. The van der Waals surface area contributed by atoms with Crippen LogP contribution in [0.4, 0.5) is 0 Å². The highest BCUT2D eigenvalue weighted by atomic mass is 32.2. The Morgan fingerprint density at radius 3 is 2.32 bits per heavy atom. The van der Waals surface area contributed by atoms with Gasteiger partial charge in [-0.3, -0.25) is 4.79 Å². The zero-order valence-electron chi connectivity index (χ0n) is 12.5. The first-order valence-electron chi connectivity index (χ1n) is 6.68. The molecule has 0 saturated heterocycles. The van der Waals surface area contributed by atoms with Gasteiger partial charge in [0, 0.05) is 26.9 Å². The Balaban J connectivity index is 2.60. The average Bonchev–Trinajstić information content (AvgIpc) is 2.45. The predicted molar refractivity (Wildman–Crippen MR) is 81.8 cm³/mol. The van der Waals surface area contributed by atoms with E-state index in [-0.39, 0.29) is 18.6 Å². The minimum Gasteiger partial charge on any atom is -0.480 e. The molecule has 0 aliphatic rings. The van der Waals surface area contributed by atoms with E-state index < -0.39 is 27.9 Å². The van der Waals surface area contributed by atoms with Gasteiger partial charge in [0.1, 0.15) is 6.04 Å². The van der Waals surface area contributed by atoms with Crippen LogP contribution in [-0.2, 0) is 26.0 Å². The Bertz CT molecular complexity index is 613. The van der Waals surface area contributed by atoms with Crippen molar-refractivity contribution in [2.24, 2.45) is 0 Å². The lowest BCUT2D eigenvalue weighted by Gasteiger charge is -2.15. The van der Waals surface area contributed by atoms with Crippen molar-refractivity contribution in [2.45, 2.75) is 18.9 Å². The van der Waals surface area contributed by atoms with E-state index in [0.717, 1.165) is 9.87 Å². The number of hydrogen-bond acceptors (Lipinski definition) is 4. The summed E-state index contributed by atoms with van der Waals surface area (Å²) in [5.41, 5.74) is 0.774. The molecule has 22 heavy (non-hydrogen) atoms. The highest BCUT2D eigenvalue weighted by Crippen LogP contribution is 2.04. The normalized spacial score (nSPS) is 12.9. The third-order valence-electron chi connectivity index (χ3n) is 3.06. The van der Waals surface area contributed by atoms with E-state index in [1.807, 2.05) is 6.07 Å². The Morgan fingerprint density at radius 2 is 1.82 bits per heavy atom. The Morgan fingerprint density at radius 1 is 1.23 bits per heavy atom. The number of carbonyl (C=O) groups is 2. The number of carboxylic acids is 1. The summed E-state index contributed by atoms with van der Waals surface area (Å²) < 4.78 is 24.2. The second kappa shape index (κ2) is 7.90. The number of nitrogens with zero attached hydrogens (tertiary/aromatic N) is 1. The number of rotatable bonds is 8. The van der Waals surface area contributed by atoms with Gasteiger partial charge in [0.2, 0.25) is 15.9 Å². The summed E-state index contributed by atoms with van der Waals surface area (Å²) in [5.74, 6) is -2.12. The van der Waals surface area contributed by atoms with Gasteiger partial charge in [0.25, 0.3) is 0 Å². The molecule has 0 bridgehead atoms. The third-order valence-corrected chi connectivity index (χ3v) is 4.89. The molecule has 1 rings (SSSR count). The van der Waals surface area contributed by atoms with Gasteiger partial charge < -0.3 is 10.4 Å². The standard InChI is InChI=1S/C14H20N2O5S/c1-16(2)22(20,21)9-8-13(17)15-12(14(18)19)10-11-6-4-3-5-7-11/h3-7,12H,8-10H2,1-2H3,(H,15,17)(H,18,19)/t12-/m1/s1. The first-order valence-corrected chi connectivity index (χ1v) is 8.29. The Kier molecular flexibility index (Phi) is 6.51. The summed E-state index contributed by atoms with van der Waals surface area (Å²) in [7, 11) is -0.728. The molecule has 0 radical (unpaired) electrons. The summed E-state index contributed by atoms with van der Waals surface area (Å²) in [6.45, 7) is 0. The molecular weight excluding hydrogens is 308 g/mol. The number of hydrogen-bond donors (Lipinski definition) is 2. The van der Waals surface area contributed by atoms with Crippen molar-refractivity contribution < 1.29 is 23.1 Å². The van der Waals surface area contributed by atoms with Crippen LogP contribution in [-0.4, -0.2) is 55.6 Å². The molecule has 7 nitrogen and oxygen atoms in total. The van der Waals surface area contributed by atoms with E-state index in [9.17, 15) is 18.0 Å². The number of carboxylic acid groups (broad SMARTS) is 1. The maximum absolute atomic E-state index is 11.8. The highest BCUT2D eigenvalue weighted by Gasteiger charge is 2.22. The fourth-order valence-electron chi connectivity index (χ4n) is 1.72. The van der Waals surface area contributed by atoms with Crippen LogP contribution in [0.3, 0.4) is 0 Å². The molecule has 0 heterocycles. The average molecular weight is 328 g/mol. The smallest absolute Gasteiger partial charge is 0.326 e. The number of aliphatic carboxylic acids is 1. The van der Waals surface area contributed by atoms with Crippen molar-refractivity contribution in [1.29, 1.82) is 0 Å². The van der Waals surface area contributed by atoms with Gasteiger partial charge in [0.15, 0.2) is 0 Å². The maximum Gasteiger partial charge on any atom is 0.326 e. The molecule has 1 aromatic rings. The summed E-state index contributed by atoms with van der Waals surface area (Å²) in [6, 6.07) is 7.80. The molecule has 122 valence electrons. The monoisotopic (exact) mass is 328 g/mol. The first-order chi connectivity index (χ1) is 10.2. The van der Waals surface area contributed by atoms with Crippen molar-refractivity contribution in [1.82, 2.24) is 9.62 Å². The number of nitrogens with one attached hydrogen (secondary N) is 1. The number of sulfonamides is 1. The summed E-state index contributed by atoms with van der Waals surface area (Å²) >= 11 is 0. The van der Waals surface area contributed by atoms with Gasteiger partial charge in [-0.2, -0.15) is 0 Å². The van der Waals surface area contributed by atoms with Gasteiger partial charge in [-0.25, -0.2) is 17.5 Å². The van der Waals surface area contributed by atoms with Crippen molar-refractivity contribution in [3.05, 3.63) is 35.9 Å². The topological polar surface area (TPSA) is 104 Å². The SMILES string of the molecule is CN(C)S(=O)(=O)CCC(=O)N[C@H](Cc1ccccc1)C(=O)O. The molecule has 0 spiro atoms. The van der Waals surface area contributed by atoms with Crippen LogP contribution in [0.5, 0.6) is 0 Å². The van der Waals surface area contributed by atoms with E-state index in [2.05, 4.69) is 5.32 Å². The van der Waals surface area contributed by atoms with E-state index in [4.69, 9.17) is 5.11 Å². The van der Waals surface area contributed by atoms with Crippen LogP contribution in [0.1, 0.15) is 12.0 Å². The molecule has 0 fully saturated rings. The van der Waals surface area contributed by atoms with Gasteiger partial charge in [0.05, 0.1) is 5.75 Å². The lowest BCUT2D eigenvalue weighted by atomic mass is 10.1. The van der Waals surface area contributed by atoms with Crippen molar-refractivity contribution in [3.8, 4) is 0 Å². The molecule has 1 amide bonds. The summed E-state index contributed by atoms with van der Waals surface area (Å²) in [5, 5.41) is 11.5. The fourth-order valence-corrected chi connectivity index (χ4v) is 2.53. The molecule has 0 saturated carbocycles. The fraction of sp³-hybridized carbons (Fsp3) is 0.429. The lowest BCUT2D eigenvalue weighted by molar-refractivity contribution is -0.141. The van der Waals surface area contributed by atoms with Gasteiger partial charge >= 0.3 is 5.97 Å². The summed E-state index contributed by atoms with van der Waals surface area (Å²) in [6.07, 6.45) is -0.137. The van der Waals surface area contributed by atoms with Gasteiger partial charge in [-0.05, 0) is 5.56 Å². The first kappa shape index (κ1) is 18.1. The van der Waals surface area contributed by atoms with Crippen LogP contribution in [0.15, 0.2) is 30.3 Å². The quantitative estimate of drug-likeness (QED) is 0.703. The van der Waals surface area contributed by atoms with Crippen LogP contribution >= 0.6 is 0 Å². The van der Waals surface area contributed by atoms with Crippen LogP contribution in [0.25, 0.3) is 0 Å². The second-order valence-corrected chi connectivity index (χ2v) is 7.30. The van der Waals surface area contributed by atoms with Crippen molar-refractivity contribution >= 4 is 21.9 Å². The number of amides is 1. The zero-order valence-corrected chi connectivity index (χ0v) is 13.3. The van der Waals surface area contributed by atoms with Crippen LogP contribution in [0, 0.1) is 0 Å². The summed E-state index contributed by atoms with van der Waals surface area (Å²) in [4.78, 5) is 23.0. The molecule has 0 aliphatic carbocycles. The molecule has 0 aromatic heterocycles. The molecule has 0 aliphatic heterocycles. The van der Waals surface area contributed by atoms with Gasteiger partial charge in [-0.1, -0.05) is 30.3 Å². The predicted octanol–water partition coefficient (Wildman–Crippen LogP) is 0.0800. The van der Waals surface area contributed by atoms with Crippen molar-refractivity contribution in [2.75, 3.05) is 19.8 Å².